The fraction of sp³-hybridized carbons (Fsp3) is 0.600. The quantitative estimate of drug-likeness (QED) is 0.890. The number of nitrogens with two attached hydrogens (primary N) is 1. The van der Waals surface area contributed by atoms with Crippen LogP contribution in [0.2, 0.25) is 0 Å². The van der Waals surface area contributed by atoms with Gasteiger partial charge in [-0.2, -0.15) is 0 Å². The first kappa shape index (κ1) is 13.5. The van der Waals surface area contributed by atoms with Crippen molar-refractivity contribution in [1.29, 1.82) is 0 Å². The molecule has 2 N–H and O–H groups in total. The zero-order chi connectivity index (χ0) is 13.1. The van der Waals surface area contributed by atoms with Gasteiger partial charge in [-0.1, -0.05) is 38.1 Å². The maximum Gasteiger partial charge on any atom is 0.0894 e. The van der Waals surface area contributed by atoms with Gasteiger partial charge in [0, 0.05) is 13.1 Å². The van der Waals surface area contributed by atoms with E-state index in [-0.39, 0.29) is 12.1 Å². The SMILES string of the molecule is CC(C)c1ccc(C2C(CN)OCCN2C)cc1. The van der Waals surface area contributed by atoms with Crippen LogP contribution in [0.5, 0.6) is 0 Å². The second-order valence-corrected chi connectivity index (χ2v) is 5.39. The smallest absolute Gasteiger partial charge is 0.0894 e. The van der Waals surface area contributed by atoms with E-state index < -0.39 is 0 Å². The van der Waals surface area contributed by atoms with Crippen molar-refractivity contribution in [2.45, 2.75) is 31.9 Å². The lowest BCUT2D eigenvalue weighted by molar-refractivity contribution is -0.0576. The number of morpholine rings is 1. The van der Waals surface area contributed by atoms with E-state index in [4.69, 9.17) is 10.5 Å². The van der Waals surface area contributed by atoms with E-state index in [1.807, 2.05) is 0 Å². The maximum absolute atomic E-state index is 5.82. The van der Waals surface area contributed by atoms with E-state index in [0.29, 0.717) is 12.5 Å². The third-order valence-electron chi connectivity index (χ3n) is 3.78. The third-order valence-corrected chi connectivity index (χ3v) is 3.78. The van der Waals surface area contributed by atoms with Crippen LogP contribution in [0.4, 0.5) is 0 Å². The Hall–Kier alpha value is -0.900. The topological polar surface area (TPSA) is 38.5 Å². The Morgan fingerprint density at radius 3 is 2.56 bits per heavy atom. The summed E-state index contributed by atoms with van der Waals surface area (Å²) in [6.45, 7) is 6.74. The lowest BCUT2D eigenvalue weighted by atomic mass is 9.95. The normalized spacial score (nSPS) is 25.6. The molecule has 1 aromatic rings. The number of hydrogen-bond acceptors (Lipinski definition) is 3. The zero-order valence-corrected chi connectivity index (χ0v) is 11.6. The molecular weight excluding hydrogens is 224 g/mol. The molecule has 2 unspecified atom stereocenters. The van der Waals surface area contributed by atoms with Crippen molar-refractivity contribution in [2.24, 2.45) is 5.73 Å². The average Bonchev–Trinajstić information content (AvgIpc) is 2.38. The van der Waals surface area contributed by atoms with Crippen LogP contribution in [0.3, 0.4) is 0 Å². The van der Waals surface area contributed by atoms with Gasteiger partial charge >= 0.3 is 0 Å². The maximum atomic E-state index is 5.82. The first-order valence-corrected chi connectivity index (χ1v) is 6.75. The van der Waals surface area contributed by atoms with E-state index in [2.05, 4.69) is 50.1 Å². The van der Waals surface area contributed by atoms with E-state index in [1.165, 1.54) is 11.1 Å². The summed E-state index contributed by atoms with van der Waals surface area (Å²) in [6.07, 6.45) is 0.105. The van der Waals surface area contributed by atoms with Crippen molar-refractivity contribution in [3.8, 4) is 0 Å². The Balaban J connectivity index is 2.22. The number of benzene rings is 1. The largest absolute Gasteiger partial charge is 0.374 e. The Morgan fingerprint density at radius 2 is 2.00 bits per heavy atom. The molecular formula is C15H24N2O. The van der Waals surface area contributed by atoms with Crippen molar-refractivity contribution in [3.63, 3.8) is 0 Å². The minimum absolute atomic E-state index is 0.105. The summed E-state index contributed by atoms with van der Waals surface area (Å²) in [4.78, 5) is 2.34. The van der Waals surface area contributed by atoms with Gasteiger partial charge in [-0.15, -0.1) is 0 Å². The van der Waals surface area contributed by atoms with Gasteiger partial charge in [0.1, 0.15) is 0 Å². The van der Waals surface area contributed by atoms with E-state index in [9.17, 15) is 0 Å². The summed E-state index contributed by atoms with van der Waals surface area (Å²) >= 11 is 0. The van der Waals surface area contributed by atoms with Gasteiger partial charge in [0.05, 0.1) is 18.8 Å². The van der Waals surface area contributed by atoms with Crippen molar-refractivity contribution in [3.05, 3.63) is 35.4 Å². The predicted octanol–water partition coefficient (Wildman–Crippen LogP) is 2.14. The molecule has 0 radical (unpaired) electrons. The fourth-order valence-corrected chi connectivity index (χ4v) is 2.61. The van der Waals surface area contributed by atoms with Crippen molar-refractivity contribution in [1.82, 2.24) is 4.90 Å². The lowest BCUT2D eigenvalue weighted by Gasteiger charge is -2.39. The lowest BCUT2D eigenvalue weighted by Crippen LogP contribution is -2.46. The van der Waals surface area contributed by atoms with Crippen LogP contribution >= 0.6 is 0 Å². The van der Waals surface area contributed by atoms with Gasteiger partial charge in [-0.05, 0) is 24.1 Å². The summed E-state index contributed by atoms with van der Waals surface area (Å²) in [5, 5.41) is 0. The standard InChI is InChI=1S/C15H24N2O/c1-11(2)12-4-6-13(7-5-12)15-14(10-16)18-9-8-17(15)3/h4-7,11,14-15H,8-10,16H2,1-3H3. The van der Waals surface area contributed by atoms with Gasteiger partial charge in [-0.25, -0.2) is 0 Å². The molecule has 0 saturated carbocycles. The molecule has 0 bridgehead atoms. The molecule has 0 aliphatic carbocycles. The molecule has 2 atom stereocenters. The Morgan fingerprint density at radius 1 is 1.33 bits per heavy atom. The van der Waals surface area contributed by atoms with Gasteiger partial charge in [-0.3, -0.25) is 4.90 Å². The highest BCUT2D eigenvalue weighted by atomic mass is 16.5. The summed E-state index contributed by atoms with van der Waals surface area (Å²) in [5.74, 6) is 0.574. The summed E-state index contributed by atoms with van der Waals surface area (Å²) < 4.78 is 5.78. The van der Waals surface area contributed by atoms with Crippen LogP contribution in [0.25, 0.3) is 0 Å². The predicted molar refractivity (Wildman–Crippen MR) is 74.7 cm³/mol. The number of hydrogen-bond donors (Lipinski definition) is 1. The number of ether oxygens (including phenoxy) is 1. The fourth-order valence-electron chi connectivity index (χ4n) is 2.61. The van der Waals surface area contributed by atoms with Crippen molar-refractivity contribution >= 4 is 0 Å². The highest BCUT2D eigenvalue weighted by molar-refractivity contribution is 5.28. The molecule has 100 valence electrons. The van der Waals surface area contributed by atoms with Gasteiger partial charge in [0.15, 0.2) is 0 Å². The molecule has 0 amide bonds. The van der Waals surface area contributed by atoms with Gasteiger partial charge in [0.25, 0.3) is 0 Å². The summed E-state index contributed by atoms with van der Waals surface area (Å²) in [6, 6.07) is 9.15. The Labute approximate surface area is 110 Å². The highest BCUT2D eigenvalue weighted by Gasteiger charge is 2.30. The number of nitrogens with zero attached hydrogens (tertiary/aromatic N) is 1. The van der Waals surface area contributed by atoms with Gasteiger partial charge < -0.3 is 10.5 Å². The highest BCUT2D eigenvalue weighted by Crippen LogP contribution is 2.28. The second kappa shape index (κ2) is 5.83. The molecule has 18 heavy (non-hydrogen) atoms. The van der Waals surface area contributed by atoms with Gasteiger partial charge in [0.2, 0.25) is 0 Å². The first-order valence-electron chi connectivity index (χ1n) is 6.75. The Bertz CT molecular complexity index is 375. The van der Waals surface area contributed by atoms with Crippen LogP contribution in [-0.2, 0) is 4.74 Å². The molecule has 3 heteroatoms. The van der Waals surface area contributed by atoms with Crippen LogP contribution < -0.4 is 5.73 Å². The molecule has 1 fully saturated rings. The summed E-state index contributed by atoms with van der Waals surface area (Å²) in [7, 11) is 2.15. The molecule has 0 aromatic heterocycles. The van der Waals surface area contributed by atoms with Crippen LogP contribution in [-0.4, -0.2) is 37.7 Å². The van der Waals surface area contributed by atoms with Crippen molar-refractivity contribution < 1.29 is 4.74 Å². The van der Waals surface area contributed by atoms with E-state index >= 15 is 0 Å². The van der Waals surface area contributed by atoms with Crippen LogP contribution in [0.1, 0.15) is 36.9 Å². The minimum atomic E-state index is 0.105. The monoisotopic (exact) mass is 248 g/mol. The summed E-state index contributed by atoms with van der Waals surface area (Å²) in [5.41, 5.74) is 8.50. The van der Waals surface area contributed by atoms with Crippen molar-refractivity contribution in [2.75, 3.05) is 26.7 Å². The molecule has 2 rings (SSSR count). The number of rotatable bonds is 3. The molecule has 1 aromatic carbocycles. The molecule has 1 aliphatic rings. The van der Waals surface area contributed by atoms with E-state index in [1.54, 1.807) is 0 Å². The molecule has 1 saturated heterocycles. The Kier molecular flexibility index (Phi) is 4.38. The molecule has 3 nitrogen and oxygen atoms in total. The molecule has 1 heterocycles. The number of likely N-dealkylation sites (N-methyl/N-ethyl adjacent to an activating group) is 1. The zero-order valence-electron chi connectivity index (χ0n) is 11.6. The minimum Gasteiger partial charge on any atom is -0.374 e. The third kappa shape index (κ3) is 2.74. The average molecular weight is 248 g/mol. The van der Waals surface area contributed by atoms with Crippen LogP contribution in [0.15, 0.2) is 24.3 Å². The second-order valence-electron chi connectivity index (χ2n) is 5.39. The van der Waals surface area contributed by atoms with E-state index in [0.717, 1.165) is 13.2 Å². The first-order chi connectivity index (χ1) is 8.63. The van der Waals surface area contributed by atoms with Crippen LogP contribution in [0, 0.1) is 0 Å². The molecule has 0 spiro atoms. The molecule has 1 aliphatic heterocycles.